The number of rotatable bonds is 4. The summed E-state index contributed by atoms with van der Waals surface area (Å²) >= 11 is 0. The molecule has 5 heteroatoms. The van der Waals surface area contributed by atoms with Gasteiger partial charge in [-0.25, -0.2) is 0 Å². The highest BCUT2D eigenvalue weighted by Gasteiger charge is 2.29. The van der Waals surface area contributed by atoms with Crippen molar-refractivity contribution in [2.24, 2.45) is 0 Å². The standard InChI is InChI=1S/C15H23N3O2/c19-15(11-14-6-3-10-20-14)18-9-2-1-5-13(18)12-17-8-4-7-16-17/h4,7-8,13-14H,1-3,5-6,9-12H2/t13-,14-/m0/s1. The zero-order valence-electron chi connectivity index (χ0n) is 11.9. The monoisotopic (exact) mass is 277 g/mol. The average Bonchev–Trinajstić information content (AvgIpc) is 3.13. The summed E-state index contributed by atoms with van der Waals surface area (Å²) < 4.78 is 7.52. The van der Waals surface area contributed by atoms with Crippen LogP contribution >= 0.6 is 0 Å². The van der Waals surface area contributed by atoms with Gasteiger partial charge in [0.05, 0.1) is 25.1 Å². The van der Waals surface area contributed by atoms with Gasteiger partial charge in [-0.1, -0.05) is 0 Å². The highest BCUT2D eigenvalue weighted by molar-refractivity contribution is 5.77. The average molecular weight is 277 g/mol. The maximum Gasteiger partial charge on any atom is 0.225 e. The van der Waals surface area contributed by atoms with E-state index in [0.717, 1.165) is 45.4 Å². The van der Waals surface area contributed by atoms with Crippen molar-refractivity contribution in [3.63, 3.8) is 0 Å². The van der Waals surface area contributed by atoms with Crippen molar-refractivity contribution in [3.8, 4) is 0 Å². The molecule has 0 unspecified atom stereocenters. The summed E-state index contributed by atoms with van der Waals surface area (Å²) in [6.45, 7) is 2.51. The number of hydrogen-bond donors (Lipinski definition) is 0. The molecular formula is C15H23N3O2. The van der Waals surface area contributed by atoms with E-state index < -0.39 is 0 Å². The lowest BCUT2D eigenvalue weighted by Gasteiger charge is -2.36. The molecule has 0 spiro atoms. The second kappa shape index (κ2) is 6.39. The van der Waals surface area contributed by atoms with Crippen molar-refractivity contribution < 1.29 is 9.53 Å². The minimum Gasteiger partial charge on any atom is -0.378 e. The molecular weight excluding hydrogens is 254 g/mol. The topological polar surface area (TPSA) is 47.4 Å². The third kappa shape index (κ3) is 3.20. The number of aromatic nitrogens is 2. The van der Waals surface area contributed by atoms with E-state index in [1.54, 1.807) is 6.20 Å². The highest BCUT2D eigenvalue weighted by Crippen LogP contribution is 2.22. The Morgan fingerprint density at radius 2 is 2.25 bits per heavy atom. The van der Waals surface area contributed by atoms with E-state index in [0.29, 0.717) is 6.42 Å². The van der Waals surface area contributed by atoms with Crippen molar-refractivity contribution in [3.05, 3.63) is 18.5 Å². The van der Waals surface area contributed by atoms with E-state index in [2.05, 4.69) is 10.00 Å². The van der Waals surface area contributed by atoms with Gasteiger partial charge in [-0.05, 0) is 38.2 Å². The van der Waals surface area contributed by atoms with Crippen LogP contribution in [0.1, 0.15) is 38.5 Å². The van der Waals surface area contributed by atoms with E-state index in [1.807, 2.05) is 16.9 Å². The summed E-state index contributed by atoms with van der Waals surface area (Å²) in [6.07, 6.45) is 9.99. The molecule has 3 heterocycles. The molecule has 1 aromatic heterocycles. The van der Waals surface area contributed by atoms with E-state index in [-0.39, 0.29) is 18.1 Å². The molecule has 0 aromatic carbocycles. The molecule has 0 N–H and O–H groups in total. The van der Waals surface area contributed by atoms with Gasteiger partial charge in [-0.2, -0.15) is 5.10 Å². The SMILES string of the molecule is O=C(C[C@@H]1CCCO1)N1CCCC[C@H]1Cn1cccn1. The van der Waals surface area contributed by atoms with Gasteiger partial charge in [0.1, 0.15) is 0 Å². The smallest absolute Gasteiger partial charge is 0.225 e. The molecule has 110 valence electrons. The summed E-state index contributed by atoms with van der Waals surface area (Å²) in [7, 11) is 0. The van der Waals surface area contributed by atoms with Gasteiger partial charge in [-0.15, -0.1) is 0 Å². The normalized spacial score (nSPS) is 26.9. The molecule has 0 aliphatic carbocycles. The van der Waals surface area contributed by atoms with E-state index >= 15 is 0 Å². The summed E-state index contributed by atoms with van der Waals surface area (Å²) in [6, 6.07) is 2.22. The molecule has 2 aliphatic rings. The van der Waals surface area contributed by atoms with Gasteiger partial charge in [0.25, 0.3) is 0 Å². The van der Waals surface area contributed by atoms with E-state index in [9.17, 15) is 4.79 Å². The first-order valence-corrected chi connectivity index (χ1v) is 7.71. The van der Waals surface area contributed by atoms with Crippen molar-refractivity contribution in [1.29, 1.82) is 0 Å². The van der Waals surface area contributed by atoms with Crippen LogP contribution in [0.15, 0.2) is 18.5 Å². The third-order valence-electron chi connectivity index (χ3n) is 4.33. The van der Waals surface area contributed by atoms with Crippen LogP contribution in [0, 0.1) is 0 Å². The van der Waals surface area contributed by atoms with Crippen LogP contribution < -0.4 is 0 Å². The fraction of sp³-hybridized carbons (Fsp3) is 0.733. The Kier molecular flexibility index (Phi) is 4.35. The number of hydrogen-bond acceptors (Lipinski definition) is 3. The molecule has 20 heavy (non-hydrogen) atoms. The van der Waals surface area contributed by atoms with Crippen LogP contribution in [0.3, 0.4) is 0 Å². The van der Waals surface area contributed by atoms with Crippen LogP contribution in [-0.4, -0.2) is 45.9 Å². The maximum absolute atomic E-state index is 12.5. The molecule has 0 saturated carbocycles. The number of likely N-dealkylation sites (tertiary alicyclic amines) is 1. The lowest BCUT2D eigenvalue weighted by Crippen LogP contribution is -2.46. The maximum atomic E-state index is 12.5. The van der Waals surface area contributed by atoms with Gasteiger partial charge < -0.3 is 9.64 Å². The Hall–Kier alpha value is -1.36. The predicted molar refractivity (Wildman–Crippen MR) is 75.2 cm³/mol. The Morgan fingerprint density at radius 1 is 1.30 bits per heavy atom. The van der Waals surface area contributed by atoms with E-state index in [1.165, 1.54) is 6.42 Å². The van der Waals surface area contributed by atoms with Gasteiger partial charge >= 0.3 is 0 Å². The number of ether oxygens (including phenoxy) is 1. The molecule has 2 saturated heterocycles. The zero-order chi connectivity index (χ0) is 13.8. The van der Waals surface area contributed by atoms with Gasteiger partial charge in [0.15, 0.2) is 0 Å². The second-order valence-corrected chi connectivity index (χ2v) is 5.80. The van der Waals surface area contributed by atoms with Gasteiger partial charge in [0, 0.05) is 25.5 Å². The zero-order valence-corrected chi connectivity index (χ0v) is 11.9. The van der Waals surface area contributed by atoms with Gasteiger partial charge in [0.2, 0.25) is 5.91 Å². The second-order valence-electron chi connectivity index (χ2n) is 5.80. The Bertz CT molecular complexity index is 426. The van der Waals surface area contributed by atoms with Crippen LogP contribution in [-0.2, 0) is 16.1 Å². The first kappa shape index (κ1) is 13.6. The number of piperidine rings is 1. The highest BCUT2D eigenvalue weighted by atomic mass is 16.5. The lowest BCUT2D eigenvalue weighted by atomic mass is 10.0. The molecule has 5 nitrogen and oxygen atoms in total. The Balaban J connectivity index is 1.60. The summed E-state index contributed by atoms with van der Waals surface area (Å²) in [5.41, 5.74) is 0. The molecule has 0 radical (unpaired) electrons. The minimum atomic E-state index is 0.148. The van der Waals surface area contributed by atoms with E-state index in [4.69, 9.17) is 4.74 Å². The third-order valence-corrected chi connectivity index (χ3v) is 4.33. The quantitative estimate of drug-likeness (QED) is 0.843. The molecule has 1 aromatic rings. The number of carbonyl (C=O) groups excluding carboxylic acids is 1. The van der Waals surface area contributed by atoms with Crippen molar-refractivity contribution in [2.45, 2.75) is 57.2 Å². The van der Waals surface area contributed by atoms with Crippen LogP contribution in [0.25, 0.3) is 0 Å². The molecule has 1 amide bonds. The van der Waals surface area contributed by atoms with Gasteiger partial charge in [-0.3, -0.25) is 9.48 Å². The fourth-order valence-corrected chi connectivity index (χ4v) is 3.26. The molecule has 2 fully saturated rings. The molecule has 2 aliphatic heterocycles. The van der Waals surface area contributed by atoms with Crippen molar-refractivity contribution in [2.75, 3.05) is 13.2 Å². The van der Waals surface area contributed by atoms with Crippen molar-refractivity contribution in [1.82, 2.24) is 14.7 Å². The number of carbonyl (C=O) groups is 1. The van der Waals surface area contributed by atoms with Crippen LogP contribution in [0.5, 0.6) is 0 Å². The largest absolute Gasteiger partial charge is 0.378 e. The number of amides is 1. The summed E-state index contributed by atoms with van der Waals surface area (Å²) in [5.74, 6) is 0.258. The summed E-state index contributed by atoms with van der Waals surface area (Å²) in [4.78, 5) is 14.6. The minimum absolute atomic E-state index is 0.148. The molecule has 0 bridgehead atoms. The van der Waals surface area contributed by atoms with Crippen LogP contribution in [0.2, 0.25) is 0 Å². The molecule has 2 atom stereocenters. The number of nitrogens with zero attached hydrogens (tertiary/aromatic N) is 3. The Labute approximate surface area is 119 Å². The van der Waals surface area contributed by atoms with Crippen molar-refractivity contribution >= 4 is 5.91 Å². The fourth-order valence-electron chi connectivity index (χ4n) is 3.26. The predicted octanol–water partition coefficient (Wildman–Crippen LogP) is 1.83. The first-order valence-electron chi connectivity index (χ1n) is 7.71. The van der Waals surface area contributed by atoms with Crippen LogP contribution in [0.4, 0.5) is 0 Å². The Morgan fingerprint density at radius 3 is 3.00 bits per heavy atom. The first-order chi connectivity index (χ1) is 9.83. The molecule has 3 rings (SSSR count). The summed E-state index contributed by atoms with van der Waals surface area (Å²) in [5, 5.41) is 4.26. The lowest BCUT2D eigenvalue weighted by molar-refractivity contribution is -0.137.